The summed E-state index contributed by atoms with van der Waals surface area (Å²) in [6.07, 6.45) is 1.69. The van der Waals surface area contributed by atoms with E-state index in [0.717, 1.165) is 22.4 Å². The molecule has 0 spiro atoms. The van der Waals surface area contributed by atoms with Crippen molar-refractivity contribution in [3.63, 3.8) is 0 Å². The van der Waals surface area contributed by atoms with Gasteiger partial charge in [0, 0.05) is 28.5 Å². The molecule has 0 radical (unpaired) electrons. The minimum Gasteiger partial charge on any atom is -0.288 e. The molecule has 5 rings (SSSR count). The average molecular weight is 472 g/mol. The van der Waals surface area contributed by atoms with Gasteiger partial charge in [-0.05, 0) is 12.2 Å². The van der Waals surface area contributed by atoms with E-state index in [1.165, 1.54) is 4.68 Å². The van der Waals surface area contributed by atoms with Crippen LogP contribution in [0.2, 0.25) is 0 Å². The number of carbonyl (C=O) groups excluding carboxylic acids is 1. The van der Waals surface area contributed by atoms with E-state index in [-0.39, 0.29) is 10.6 Å². The molecule has 0 saturated carbocycles. The third-order valence-electron chi connectivity index (χ3n) is 5.54. The van der Waals surface area contributed by atoms with Gasteiger partial charge in [-0.15, -0.1) is 0 Å². The summed E-state index contributed by atoms with van der Waals surface area (Å²) in [6.45, 7) is 0. The van der Waals surface area contributed by atoms with Crippen LogP contribution in [0.5, 0.6) is 0 Å². The van der Waals surface area contributed by atoms with Crippen molar-refractivity contribution in [1.82, 2.24) is 9.66 Å². The first kappa shape index (κ1) is 22.3. The Bertz CT molecular complexity index is 1500. The molecule has 0 aliphatic heterocycles. The first-order chi connectivity index (χ1) is 17.2. The Balaban J connectivity index is 1.73. The van der Waals surface area contributed by atoms with Crippen LogP contribution in [0, 0.1) is 4.77 Å². The van der Waals surface area contributed by atoms with Gasteiger partial charge in [0.15, 0.2) is 5.78 Å². The molecule has 35 heavy (non-hydrogen) atoms. The molecule has 1 heterocycles. The van der Waals surface area contributed by atoms with Gasteiger partial charge in [-0.3, -0.25) is 4.79 Å². The lowest BCUT2D eigenvalue weighted by Gasteiger charge is -2.13. The van der Waals surface area contributed by atoms with E-state index >= 15 is 0 Å². The van der Waals surface area contributed by atoms with E-state index in [0.29, 0.717) is 16.8 Å². The first-order valence-corrected chi connectivity index (χ1v) is 11.6. The van der Waals surface area contributed by atoms with E-state index in [1.54, 1.807) is 18.3 Å². The van der Waals surface area contributed by atoms with Gasteiger partial charge in [-0.2, -0.15) is 5.10 Å². The van der Waals surface area contributed by atoms with Crippen LogP contribution in [-0.2, 0) is 0 Å². The van der Waals surface area contributed by atoms with Crippen LogP contribution in [0.15, 0.2) is 133 Å². The van der Waals surface area contributed by atoms with Gasteiger partial charge in [-0.1, -0.05) is 121 Å². The summed E-state index contributed by atoms with van der Waals surface area (Å²) < 4.78 is 1.78. The summed E-state index contributed by atoms with van der Waals surface area (Å²) in [7, 11) is 0. The number of hydrogen-bond donors (Lipinski definition) is 0. The van der Waals surface area contributed by atoms with Crippen LogP contribution < -0.4 is 0 Å². The summed E-state index contributed by atoms with van der Waals surface area (Å²) >= 11 is 5.65. The zero-order chi connectivity index (χ0) is 24.0. The SMILES string of the molecule is O=C(c1ccccc1)c1cn(N=C(c2ccccc2)c2ccccc2)c(=S)nc1-c1ccccc1. The fourth-order valence-corrected chi connectivity index (χ4v) is 4.01. The highest BCUT2D eigenvalue weighted by molar-refractivity contribution is 7.71. The number of aromatic nitrogens is 2. The molecule has 0 atom stereocenters. The Morgan fingerprint density at radius 3 is 1.63 bits per heavy atom. The Labute approximate surface area is 208 Å². The standard InChI is InChI=1S/C30H21N3OS/c34-29(25-19-11-4-12-20-25)26-21-33(30(35)31-28(26)24-17-9-3-10-18-24)32-27(22-13-5-1-6-14-22)23-15-7-2-8-16-23/h1-21H. The van der Waals surface area contributed by atoms with Crippen LogP contribution in [-0.4, -0.2) is 21.2 Å². The van der Waals surface area contributed by atoms with Gasteiger partial charge in [0.2, 0.25) is 4.77 Å². The van der Waals surface area contributed by atoms with Crippen molar-refractivity contribution < 1.29 is 4.79 Å². The zero-order valence-electron chi connectivity index (χ0n) is 18.8. The third-order valence-corrected chi connectivity index (χ3v) is 5.82. The van der Waals surface area contributed by atoms with E-state index in [2.05, 4.69) is 4.98 Å². The van der Waals surface area contributed by atoms with Crippen molar-refractivity contribution in [2.24, 2.45) is 5.10 Å². The van der Waals surface area contributed by atoms with Crippen molar-refractivity contribution in [2.45, 2.75) is 0 Å². The number of carbonyl (C=O) groups is 1. The van der Waals surface area contributed by atoms with Gasteiger partial charge >= 0.3 is 0 Å². The van der Waals surface area contributed by atoms with Crippen molar-refractivity contribution in [3.05, 3.63) is 155 Å². The number of benzene rings is 4. The minimum absolute atomic E-state index is 0.142. The highest BCUT2D eigenvalue weighted by atomic mass is 32.1. The summed E-state index contributed by atoms with van der Waals surface area (Å²) in [5.74, 6) is -0.142. The fraction of sp³-hybridized carbons (Fsp3) is 0. The molecule has 1 aromatic heterocycles. The number of nitrogens with zero attached hydrogens (tertiary/aromatic N) is 3. The normalized spacial score (nSPS) is 10.5. The molecule has 0 aliphatic carbocycles. The summed E-state index contributed by atoms with van der Waals surface area (Å²) in [6, 6.07) is 38.6. The summed E-state index contributed by atoms with van der Waals surface area (Å²) in [5.41, 5.74) is 4.96. The van der Waals surface area contributed by atoms with Gasteiger partial charge in [0.05, 0.1) is 17.0 Å². The number of hydrogen-bond acceptors (Lipinski definition) is 4. The van der Waals surface area contributed by atoms with E-state index < -0.39 is 0 Å². The molecule has 0 amide bonds. The zero-order valence-corrected chi connectivity index (χ0v) is 19.6. The van der Waals surface area contributed by atoms with Gasteiger partial charge < -0.3 is 0 Å². The third kappa shape index (κ3) is 4.90. The predicted octanol–water partition coefficient (Wildman–Crippen LogP) is 6.81. The lowest BCUT2D eigenvalue weighted by atomic mass is 9.99. The van der Waals surface area contributed by atoms with Crippen molar-refractivity contribution in [1.29, 1.82) is 0 Å². The second kappa shape index (κ2) is 10.2. The largest absolute Gasteiger partial charge is 0.288 e. The maximum atomic E-state index is 13.6. The second-order valence-corrected chi connectivity index (χ2v) is 8.24. The Morgan fingerprint density at radius 2 is 1.11 bits per heavy atom. The Kier molecular flexibility index (Phi) is 6.50. The maximum absolute atomic E-state index is 13.6. The molecule has 0 aliphatic rings. The average Bonchev–Trinajstić information content (AvgIpc) is 2.94. The molecule has 4 aromatic carbocycles. The Morgan fingerprint density at radius 1 is 0.657 bits per heavy atom. The first-order valence-electron chi connectivity index (χ1n) is 11.2. The lowest BCUT2D eigenvalue weighted by molar-refractivity contribution is 0.103. The smallest absolute Gasteiger partial charge is 0.220 e. The second-order valence-electron chi connectivity index (χ2n) is 7.87. The molecule has 0 saturated heterocycles. The van der Waals surface area contributed by atoms with Crippen molar-refractivity contribution in [2.75, 3.05) is 0 Å². The van der Waals surface area contributed by atoms with E-state index in [9.17, 15) is 4.79 Å². The van der Waals surface area contributed by atoms with Crippen molar-refractivity contribution in [3.8, 4) is 11.3 Å². The predicted molar refractivity (Wildman–Crippen MR) is 142 cm³/mol. The van der Waals surface area contributed by atoms with Crippen molar-refractivity contribution >= 4 is 23.7 Å². The van der Waals surface area contributed by atoms with Crippen LogP contribution in [0.4, 0.5) is 0 Å². The van der Waals surface area contributed by atoms with E-state index in [4.69, 9.17) is 17.3 Å². The molecule has 0 fully saturated rings. The lowest BCUT2D eigenvalue weighted by Crippen LogP contribution is -2.12. The van der Waals surface area contributed by atoms with Crippen LogP contribution in [0.25, 0.3) is 11.3 Å². The minimum atomic E-state index is -0.142. The molecular weight excluding hydrogens is 450 g/mol. The molecule has 168 valence electrons. The quantitative estimate of drug-likeness (QED) is 0.155. The summed E-state index contributed by atoms with van der Waals surface area (Å²) in [5, 5.41) is 4.88. The molecule has 5 aromatic rings. The molecule has 0 bridgehead atoms. The van der Waals surface area contributed by atoms with Gasteiger partial charge in [0.25, 0.3) is 0 Å². The van der Waals surface area contributed by atoms with E-state index in [1.807, 2.05) is 109 Å². The maximum Gasteiger partial charge on any atom is 0.220 e. The molecule has 5 heteroatoms. The number of rotatable bonds is 6. The van der Waals surface area contributed by atoms with Crippen LogP contribution >= 0.6 is 12.2 Å². The van der Waals surface area contributed by atoms with Crippen LogP contribution in [0.3, 0.4) is 0 Å². The molecule has 4 nitrogen and oxygen atoms in total. The van der Waals surface area contributed by atoms with Gasteiger partial charge in [0.1, 0.15) is 0 Å². The molecular formula is C30H21N3OS. The monoisotopic (exact) mass is 471 g/mol. The molecule has 0 unspecified atom stereocenters. The Hall–Kier alpha value is -4.48. The highest BCUT2D eigenvalue weighted by Crippen LogP contribution is 2.24. The summed E-state index contributed by atoms with van der Waals surface area (Å²) in [4.78, 5) is 18.3. The van der Waals surface area contributed by atoms with Crippen LogP contribution in [0.1, 0.15) is 27.0 Å². The highest BCUT2D eigenvalue weighted by Gasteiger charge is 2.18. The van der Waals surface area contributed by atoms with Gasteiger partial charge in [-0.25, -0.2) is 9.66 Å². The molecule has 0 N–H and O–H groups in total. The number of ketones is 1. The topological polar surface area (TPSA) is 47.2 Å². The fourth-order valence-electron chi connectivity index (χ4n) is 3.83.